The quantitative estimate of drug-likeness (QED) is 0.0334. The first kappa shape index (κ1) is 60.3. The van der Waals surface area contributed by atoms with E-state index < -0.39 is 102 Å². The Labute approximate surface area is 436 Å². The molecule has 14 N–H and O–H groups in total. The highest BCUT2D eigenvalue weighted by Crippen LogP contribution is 2.29. The van der Waals surface area contributed by atoms with Crippen LogP contribution in [0.15, 0.2) is 84.9 Å². The van der Waals surface area contributed by atoms with E-state index in [1.807, 2.05) is 69.3 Å². The lowest BCUT2D eigenvalue weighted by atomic mass is 9.92. The molecular formula is C55H73FN8O11. The van der Waals surface area contributed by atoms with Crippen LogP contribution in [-0.2, 0) is 59.2 Å². The van der Waals surface area contributed by atoms with E-state index in [9.17, 15) is 53.3 Å². The Kier molecular flexibility index (Phi) is 23.3. The summed E-state index contributed by atoms with van der Waals surface area (Å²) < 4.78 is 20.3. The number of carboxylic acids is 1. The summed E-state index contributed by atoms with van der Waals surface area (Å²) in [6.45, 7) is 8.40. The summed E-state index contributed by atoms with van der Waals surface area (Å²) in [7, 11) is 0. The van der Waals surface area contributed by atoms with Crippen LogP contribution >= 0.6 is 0 Å². The topological polar surface area (TPSA) is 328 Å². The van der Waals surface area contributed by atoms with E-state index in [0.717, 1.165) is 58.9 Å². The van der Waals surface area contributed by atoms with Gasteiger partial charge >= 0.3 is 5.97 Å². The van der Waals surface area contributed by atoms with Crippen LogP contribution in [0.4, 0.5) is 4.39 Å². The second kappa shape index (κ2) is 29.0. The molecule has 0 radical (unpaired) electrons. The zero-order chi connectivity index (χ0) is 55.4. The fourth-order valence-electron chi connectivity index (χ4n) is 8.43. The lowest BCUT2D eigenvalue weighted by molar-refractivity contribution is -0.142. The molecule has 0 fully saturated rings. The SMILES string of the molecule is CCc1cc(OCCCCN)ccc1-c1ccc(C[C@H](NC(=O)[C@H](CC(=O)O)NC(=O)[C@H](CO)NC(=O)[C@@H](NC(=O)[C@@](C)(N)Cc2ccccc2F)[C@@H](C)O)C(=O)N[C@@H](CCCc2cc(C)cc(C)c2)C(N)=O)cc1. The summed E-state index contributed by atoms with van der Waals surface area (Å²) in [5.74, 6) is -7.68. The molecule has 0 saturated carbocycles. The molecule has 0 bridgehead atoms. The van der Waals surface area contributed by atoms with Crippen molar-refractivity contribution in [2.45, 2.75) is 134 Å². The molecule has 75 heavy (non-hydrogen) atoms. The third kappa shape index (κ3) is 18.9. The number of carbonyl (C=O) groups is 7. The number of nitrogens with one attached hydrogen (secondary N) is 5. The largest absolute Gasteiger partial charge is 0.494 e. The number of primary amides is 1. The number of aliphatic hydroxyl groups excluding tert-OH is 2. The van der Waals surface area contributed by atoms with E-state index in [1.54, 1.807) is 18.2 Å². The van der Waals surface area contributed by atoms with Crippen molar-refractivity contribution in [2.75, 3.05) is 19.8 Å². The predicted octanol–water partition coefficient (Wildman–Crippen LogP) is 2.07. The molecule has 4 aromatic carbocycles. The minimum atomic E-state index is -1.91. The highest BCUT2D eigenvalue weighted by molar-refractivity contribution is 5.98. The molecular weight excluding hydrogens is 968 g/mol. The molecule has 6 amide bonds. The van der Waals surface area contributed by atoms with Gasteiger partial charge in [0.2, 0.25) is 35.4 Å². The number of halogens is 1. The van der Waals surface area contributed by atoms with Gasteiger partial charge in [-0.1, -0.05) is 84.8 Å². The molecule has 4 aromatic rings. The summed E-state index contributed by atoms with van der Waals surface area (Å²) in [6, 6.07) is 16.4. The van der Waals surface area contributed by atoms with Crippen LogP contribution < -0.4 is 48.5 Å². The number of amides is 6. The zero-order valence-corrected chi connectivity index (χ0v) is 43.2. The molecule has 0 spiro atoms. The van der Waals surface area contributed by atoms with Gasteiger partial charge in [-0.15, -0.1) is 0 Å². The van der Waals surface area contributed by atoms with Gasteiger partial charge in [0.1, 0.15) is 41.8 Å². The molecule has 4 rings (SSSR count). The maximum atomic E-state index is 14.4. The van der Waals surface area contributed by atoms with Crippen LogP contribution in [0.5, 0.6) is 5.75 Å². The smallest absolute Gasteiger partial charge is 0.305 e. The van der Waals surface area contributed by atoms with Crippen molar-refractivity contribution in [3.63, 3.8) is 0 Å². The number of hydrogen-bond donors (Lipinski definition) is 11. The predicted molar refractivity (Wildman–Crippen MR) is 280 cm³/mol. The number of benzene rings is 4. The summed E-state index contributed by atoms with van der Waals surface area (Å²) in [6.07, 6.45) is 0.428. The Balaban J connectivity index is 1.56. The molecule has 0 saturated heterocycles. The Bertz CT molecular complexity index is 2590. The van der Waals surface area contributed by atoms with Gasteiger partial charge < -0.3 is 63.8 Å². The van der Waals surface area contributed by atoms with E-state index in [1.165, 1.54) is 25.1 Å². The number of rotatable bonds is 30. The number of unbranched alkanes of at least 4 members (excludes halogenated alkanes) is 1. The summed E-state index contributed by atoms with van der Waals surface area (Å²) in [5, 5.41) is 42.5. The van der Waals surface area contributed by atoms with Gasteiger partial charge in [-0.25, -0.2) is 4.39 Å². The molecule has 0 aliphatic rings. The molecule has 406 valence electrons. The molecule has 19 nitrogen and oxygen atoms in total. The first-order chi connectivity index (χ1) is 35.5. The minimum Gasteiger partial charge on any atom is -0.494 e. The Hall–Kier alpha value is -7.26. The molecule has 0 aliphatic heterocycles. The molecule has 7 atom stereocenters. The standard InChI is InChI=1S/C55H73FN8O11/c1-6-37-28-40(75-23-10-9-22-57)20-21-41(37)38-18-16-35(17-19-38)27-44(50(70)60-43(49(58)69)15-11-12-36-25-32(2)24-33(3)26-36)61-51(71)45(29-47(67)68)62-52(72)46(31-65)63-53(73)48(34(4)66)64-54(74)55(5,59)30-39-13-7-8-14-42(39)56/h7-8,13-14,16-21,24-26,28,34,43-46,48,65-66H,6,9-12,15,22-23,27,29-31,57,59H2,1-5H3,(H2,58,69)(H,60,70)(H,61,71)(H,62,72)(H,63,73)(H,64,74)(H,67,68)/t34-,43+,44+,45+,46+,48+,55+/m1/s1. The maximum Gasteiger partial charge on any atom is 0.305 e. The van der Waals surface area contributed by atoms with E-state index in [2.05, 4.69) is 26.6 Å². The number of carbonyl (C=O) groups excluding carboxylic acids is 6. The Morgan fingerprint density at radius 3 is 1.95 bits per heavy atom. The third-order valence-electron chi connectivity index (χ3n) is 12.5. The number of hydrogen-bond acceptors (Lipinski definition) is 12. The van der Waals surface area contributed by atoms with Crippen LogP contribution in [-0.4, -0.2) is 118 Å². The van der Waals surface area contributed by atoms with E-state index in [4.69, 9.17) is 21.9 Å². The van der Waals surface area contributed by atoms with E-state index in [-0.39, 0.29) is 24.8 Å². The normalized spacial score (nSPS) is 14.4. The van der Waals surface area contributed by atoms with Crippen molar-refractivity contribution >= 4 is 41.4 Å². The lowest BCUT2D eigenvalue weighted by Crippen LogP contribution is -2.63. The van der Waals surface area contributed by atoms with Gasteiger partial charge in [0.15, 0.2) is 0 Å². The van der Waals surface area contributed by atoms with E-state index in [0.29, 0.717) is 38.0 Å². The monoisotopic (exact) mass is 1040 g/mol. The second-order valence-electron chi connectivity index (χ2n) is 19.1. The molecule has 20 heteroatoms. The summed E-state index contributed by atoms with van der Waals surface area (Å²) in [4.78, 5) is 93.7. The molecule has 0 heterocycles. The van der Waals surface area contributed by atoms with Crippen molar-refractivity contribution in [1.29, 1.82) is 0 Å². The van der Waals surface area contributed by atoms with Crippen LogP contribution in [0.2, 0.25) is 0 Å². The van der Waals surface area contributed by atoms with Crippen molar-refractivity contribution in [2.24, 2.45) is 17.2 Å². The number of aliphatic carboxylic acids is 1. The second-order valence-corrected chi connectivity index (χ2v) is 19.1. The van der Waals surface area contributed by atoms with Crippen molar-refractivity contribution in [3.05, 3.63) is 124 Å². The fraction of sp³-hybridized carbons (Fsp3) is 0.436. The van der Waals surface area contributed by atoms with Gasteiger partial charge in [0, 0.05) is 12.8 Å². The Morgan fingerprint density at radius 1 is 0.733 bits per heavy atom. The van der Waals surface area contributed by atoms with Crippen molar-refractivity contribution in [1.82, 2.24) is 26.6 Å². The average molecular weight is 1040 g/mol. The zero-order valence-electron chi connectivity index (χ0n) is 43.2. The lowest BCUT2D eigenvalue weighted by Gasteiger charge is -2.29. The fourth-order valence-corrected chi connectivity index (χ4v) is 8.43. The van der Waals surface area contributed by atoms with Crippen LogP contribution in [0.3, 0.4) is 0 Å². The highest BCUT2D eigenvalue weighted by atomic mass is 19.1. The highest BCUT2D eigenvalue weighted by Gasteiger charge is 2.37. The van der Waals surface area contributed by atoms with E-state index >= 15 is 0 Å². The van der Waals surface area contributed by atoms with Gasteiger partial charge in [0.25, 0.3) is 0 Å². The molecule has 0 aliphatic carbocycles. The van der Waals surface area contributed by atoms with Gasteiger partial charge in [-0.3, -0.25) is 33.6 Å². The summed E-state index contributed by atoms with van der Waals surface area (Å²) >= 11 is 0. The minimum absolute atomic E-state index is 0.104. The molecule has 0 unspecified atom stereocenters. The number of ether oxygens (including phenoxy) is 1. The van der Waals surface area contributed by atoms with Crippen molar-refractivity contribution < 1.29 is 58.0 Å². The maximum absolute atomic E-state index is 14.4. The van der Waals surface area contributed by atoms with Crippen LogP contribution in [0.25, 0.3) is 11.1 Å². The number of nitrogens with two attached hydrogens (primary N) is 3. The van der Waals surface area contributed by atoms with Gasteiger partial charge in [-0.05, 0) is 124 Å². The van der Waals surface area contributed by atoms with Crippen LogP contribution in [0.1, 0.15) is 86.3 Å². The number of aryl methyl sites for hydroxylation is 4. The van der Waals surface area contributed by atoms with Gasteiger partial charge in [-0.2, -0.15) is 0 Å². The van der Waals surface area contributed by atoms with Gasteiger partial charge in [0.05, 0.1) is 31.3 Å². The van der Waals surface area contributed by atoms with Crippen LogP contribution in [0, 0.1) is 19.7 Å². The first-order valence-electron chi connectivity index (χ1n) is 25.0. The molecule has 0 aromatic heterocycles. The van der Waals surface area contributed by atoms with Crippen molar-refractivity contribution in [3.8, 4) is 16.9 Å². The number of aliphatic hydroxyl groups is 2. The first-order valence-corrected chi connectivity index (χ1v) is 25.0. The third-order valence-corrected chi connectivity index (χ3v) is 12.5. The Morgan fingerprint density at radius 2 is 1.35 bits per heavy atom. The summed E-state index contributed by atoms with van der Waals surface area (Å²) in [5.41, 5.74) is 22.4. The average Bonchev–Trinajstić information content (AvgIpc) is 3.35. The number of carboxylic acid groups (broad SMARTS) is 1.